The van der Waals surface area contributed by atoms with Crippen LogP contribution in [0.15, 0.2) is 58.8 Å². The highest BCUT2D eigenvalue weighted by molar-refractivity contribution is 7.99. The summed E-state index contributed by atoms with van der Waals surface area (Å²) in [7, 11) is -4.62. The number of phosphoric acid groups is 1. The second-order valence-corrected chi connectivity index (χ2v) is 9.80. The zero-order valence-corrected chi connectivity index (χ0v) is 19.6. The van der Waals surface area contributed by atoms with Crippen LogP contribution in [0.3, 0.4) is 0 Å². The first-order valence-corrected chi connectivity index (χ1v) is 12.3. The minimum Gasteiger partial charge on any atom is -0.507 e. The van der Waals surface area contributed by atoms with Crippen molar-refractivity contribution >= 4 is 31.2 Å². The van der Waals surface area contributed by atoms with Gasteiger partial charge in [0.2, 0.25) is 0 Å². The van der Waals surface area contributed by atoms with Crippen molar-refractivity contribution in [2.45, 2.75) is 41.5 Å². The lowest BCUT2D eigenvalue weighted by atomic mass is 9.90. The second kappa shape index (κ2) is 11.4. The molecule has 0 aliphatic rings. The third kappa shape index (κ3) is 8.50. The van der Waals surface area contributed by atoms with Gasteiger partial charge in [0.15, 0.2) is 0 Å². The highest BCUT2D eigenvalue weighted by Crippen LogP contribution is 2.39. The SMILES string of the molecule is C=CC[C@](N)(CCc1ccc(Sc2cc(OCC)ccc2O)cc1Cl)COP(=O)(O)O. The van der Waals surface area contributed by atoms with Crippen molar-refractivity contribution in [2.24, 2.45) is 5.73 Å². The maximum absolute atomic E-state index is 11.0. The molecule has 2 aromatic carbocycles. The van der Waals surface area contributed by atoms with Crippen molar-refractivity contribution in [3.05, 3.63) is 59.6 Å². The fraction of sp³-hybridized carbons (Fsp3) is 0.333. The second-order valence-electron chi connectivity index (χ2n) is 7.04. The largest absolute Gasteiger partial charge is 0.507 e. The molecular formula is C21H27ClNO6PS. The molecule has 0 saturated heterocycles. The Hall–Kier alpha value is -1.51. The van der Waals surface area contributed by atoms with E-state index in [1.54, 1.807) is 30.3 Å². The van der Waals surface area contributed by atoms with Gasteiger partial charge in [0.25, 0.3) is 0 Å². The summed E-state index contributed by atoms with van der Waals surface area (Å²) in [6, 6.07) is 10.6. The van der Waals surface area contributed by atoms with E-state index in [4.69, 9.17) is 31.9 Å². The van der Waals surface area contributed by atoms with Gasteiger partial charge < -0.3 is 25.4 Å². The van der Waals surface area contributed by atoms with Crippen LogP contribution < -0.4 is 10.5 Å². The zero-order chi connectivity index (χ0) is 23.1. The lowest BCUT2D eigenvalue weighted by molar-refractivity contribution is 0.148. The Morgan fingerprint density at radius 1 is 1.29 bits per heavy atom. The van der Waals surface area contributed by atoms with E-state index in [0.29, 0.717) is 41.5 Å². The topological polar surface area (TPSA) is 122 Å². The molecule has 0 aliphatic heterocycles. The number of rotatable bonds is 12. The molecule has 0 aliphatic carbocycles. The van der Waals surface area contributed by atoms with E-state index < -0.39 is 13.4 Å². The Morgan fingerprint density at radius 2 is 2.03 bits per heavy atom. The van der Waals surface area contributed by atoms with Gasteiger partial charge in [0.1, 0.15) is 11.5 Å². The van der Waals surface area contributed by atoms with Crippen molar-refractivity contribution < 1.29 is 28.7 Å². The standard InChI is InChI=1S/C21H27ClNO6PS/c1-3-10-21(23,14-29-30(25,26)27)11-9-15-5-7-17(13-18(15)22)31-20-12-16(28-4-2)6-8-19(20)24/h3,5-8,12-13,24H,1,4,9-11,14,23H2,2H3,(H2,25,26,27)/t21-/m0/s1. The number of phosphoric ester groups is 1. The van der Waals surface area contributed by atoms with Crippen LogP contribution in [0.5, 0.6) is 11.5 Å². The van der Waals surface area contributed by atoms with Crippen LogP contribution in [0, 0.1) is 0 Å². The highest BCUT2D eigenvalue weighted by Gasteiger charge is 2.28. The van der Waals surface area contributed by atoms with Gasteiger partial charge in [-0.25, -0.2) is 4.57 Å². The van der Waals surface area contributed by atoms with Gasteiger partial charge in [-0.2, -0.15) is 0 Å². The van der Waals surface area contributed by atoms with E-state index in [1.165, 1.54) is 11.8 Å². The van der Waals surface area contributed by atoms with E-state index in [-0.39, 0.29) is 12.4 Å². The lowest BCUT2D eigenvalue weighted by Crippen LogP contribution is -2.44. The molecule has 0 amide bonds. The van der Waals surface area contributed by atoms with Gasteiger partial charge in [0.05, 0.1) is 18.1 Å². The normalized spacial score (nSPS) is 13.6. The number of nitrogens with two attached hydrogens (primary N) is 1. The molecule has 0 saturated carbocycles. The van der Waals surface area contributed by atoms with E-state index in [0.717, 1.165) is 10.5 Å². The highest BCUT2D eigenvalue weighted by atomic mass is 35.5. The van der Waals surface area contributed by atoms with Crippen LogP contribution >= 0.6 is 31.2 Å². The number of halogens is 1. The molecule has 170 valence electrons. The summed E-state index contributed by atoms with van der Waals surface area (Å²) in [5.41, 5.74) is 6.13. The van der Waals surface area contributed by atoms with Gasteiger partial charge in [-0.1, -0.05) is 35.5 Å². The van der Waals surface area contributed by atoms with E-state index in [1.807, 2.05) is 19.1 Å². The quantitative estimate of drug-likeness (QED) is 0.246. The fourth-order valence-electron chi connectivity index (χ4n) is 2.87. The number of aromatic hydroxyl groups is 1. The molecule has 0 aromatic heterocycles. The predicted molar refractivity (Wildman–Crippen MR) is 123 cm³/mol. The number of ether oxygens (including phenoxy) is 1. The molecule has 1 atom stereocenters. The van der Waals surface area contributed by atoms with Crippen LogP contribution in [-0.4, -0.2) is 33.6 Å². The Bertz CT molecular complexity index is 953. The van der Waals surface area contributed by atoms with Crippen LogP contribution in [-0.2, 0) is 15.5 Å². The van der Waals surface area contributed by atoms with Crippen LogP contribution in [0.1, 0.15) is 25.3 Å². The van der Waals surface area contributed by atoms with Crippen LogP contribution in [0.25, 0.3) is 0 Å². The average molecular weight is 488 g/mol. The van der Waals surface area contributed by atoms with E-state index in [2.05, 4.69) is 11.1 Å². The minimum atomic E-state index is -4.62. The van der Waals surface area contributed by atoms with Crippen molar-refractivity contribution in [2.75, 3.05) is 13.2 Å². The third-order valence-electron chi connectivity index (χ3n) is 4.46. The number of phenols is 1. The lowest BCUT2D eigenvalue weighted by Gasteiger charge is -2.28. The van der Waals surface area contributed by atoms with Crippen molar-refractivity contribution in [1.82, 2.24) is 0 Å². The molecule has 0 heterocycles. The minimum absolute atomic E-state index is 0.149. The molecule has 7 nitrogen and oxygen atoms in total. The van der Waals surface area contributed by atoms with Crippen molar-refractivity contribution in [3.63, 3.8) is 0 Å². The van der Waals surface area contributed by atoms with E-state index >= 15 is 0 Å². The fourth-order valence-corrected chi connectivity index (χ4v) is 4.55. The van der Waals surface area contributed by atoms with Crippen LogP contribution in [0.2, 0.25) is 5.02 Å². The van der Waals surface area contributed by atoms with Gasteiger partial charge >= 0.3 is 7.82 Å². The molecule has 10 heteroatoms. The van der Waals surface area contributed by atoms with Crippen LogP contribution in [0.4, 0.5) is 0 Å². The molecule has 0 bridgehead atoms. The van der Waals surface area contributed by atoms with Crippen molar-refractivity contribution in [1.29, 1.82) is 0 Å². The molecular weight excluding hydrogens is 461 g/mol. The predicted octanol–water partition coefficient (Wildman–Crippen LogP) is 4.91. The maximum Gasteiger partial charge on any atom is 0.469 e. The maximum atomic E-state index is 11.0. The number of benzene rings is 2. The first-order valence-electron chi connectivity index (χ1n) is 9.57. The van der Waals surface area contributed by atoms with Gasteiger partial charge in [-0.3, -0.25) is 4.52 Å². The van der Waals surface area contributed by atoms with E-state index in [9.17, 15) is 9.67 Å². The summed E-state index contributed by atoms with van der Waals surface area (Å²) in [5, 5.41) is 10.7. The Balaban J connectivity index is 2.09. The average Bonchev–Trinajstić information content (AvgIpc) is 2.68. The number of aryl methyl sites for hydroxylation is 1. The first kappa shape index (κ1) is 25.7. The summed E-state index contributed by atoms with van der Waals surface area (Å²) in [6.45, 7) is 5.77. The molecule has 0 radical (unpaired) electrons. The summed E-state index contributed by atoms with van der Waals surface area (Å²) in [5.74, 6) is 0.820. The molecule has 0 spiro atoms. The molecule has 2 aromatic rings. The molecule has 0 unspecified atom stereocenters. The smallest absolute Gasteiger partial charge is 0.469 e. The zero-order valence-electron chi connectivity index (χ0n) is 17.2. The summed E-state index contributed by atoms with van der Waals surface area (Å²) in [6.07, 6.45) is 2.80. The van der Waals surface area contributed by atoms with Gasteiger partial charge in [-0.05, 0) is 62.1 Å². The first-order chi connectivity index (χ1) is 14.5. The third-order valence-corrected chi connectivity index (χ3v) is 6.31. The Kier molecular flexibility index (Phi) is 9.45. The Labute approximate surface area is 191 Å². The molecule has 31 heavy (non-hydrogen) atoms. The molecule has 5 N–H and O–H groups in total. The molecule has 0 fully saturated rings. The summed E-state index contributed by atoms with van der Waals surface area (Å²) >= 11 is 7.82. The summed E-state index contributed by atoms with van der Waals surface area (Å²) < 4.78 is 21.1. The van der Waals surface area contributed by atoms with Crippen molar-refractivity contribution in [3.8, 4) is 11.5 Å². The number of hydrogen-bond donors (Lipinski definition) is 4. The number of hydrogen-bond acceptors (Lipinski definition) is 6. The van der Waals surface area contributed by atoms with Gasteiger partial charge in [-0.15, -0.1) is 6.58 Å². The molecule has 2 rings (SSSR count). The Morgan fingerprint density at radius 3 is 2.65 bits per heavy atom. The summed E-state index contributed by atoms with van der Waals surface area (Å²) in [4.78, 5) is 19.4. The monoisotopic (exact) mass is 487 g/mol. The van der Waals surface area contributed by atoms with Gasteiger partial charge in [0, 0.05) is 15.5 Å². The number of phenolic OH excluding ortho intramolecular Hbond substituents is 1.